The molecule has 3 atom stereocenters. The van der Waals surface area contributed by atoms with E-state index in [1.807, 2.05) is 24.3 Å². The van der Waals surface area contributed by atoms with Crippen LogP contribution in [0.3, 0.4) is 0 Å². The molecule has 2 nitrogen and oxygen atoms in total. The summed E-state index contributed by atoms with van der Waals surface area (Å²) in [6.45, 7) is 6.99. The Bertz CT molecular complexity index is 549. The lowest BCUT2D eigenvalue weighted by Gasteiger charge is -2.43. The van der Waals surface area contributed by atoms with Gasteiger partial charge in [-0.05, 0) is 76.8 Å². The van der Waals surface area contributed by atoms with Crippen molar-refractivity contribution in [3.63, 3.8) is 0 Å². The second kappa shape index (κ2) is 4.72. The smallest absolute Gasteiger partial charge is 0.251 e. The van der Waals surface area contributed by atoms with Crippen LogP contribution in [0.5, 0.6) is 0 Å². The summed E-state index contributed by atoms with van der Waals surface area (Å²) < 4.78 is 1.11. The standard InChI is InChI=1S/C17H22INO/c1-16(2)12-7-8-17(3,10-12)15(16)19-14(20)11-5-4-6-13(18)9-11/h4-6,9,12,15H,7-8,10H2,1-3H3,(H,19,20). The third kappa shape index (κ3) is 2.18. The van der Waals surface area contributed by atoms with E-state index in [0.717, 1.165) is 15.1 Å². The van der Waals surface area contributed by atoms with Gasteiger partial charge in [0.15, 0.2) is 0 Å². The number of fused-ring (bicyclic) bond motifs is 2. The number of rotatable bonds is 2. The number of benzene rings is 1. The normalized spacial score (nSPS) is 34.2. The monoisotopic (exact) mass is 383 g/mol. The van der Waals surface area contributed by atoms with Crippen LogP contribution in [0.2, 0.25) is 0 Å². The van der Waals surface area contributed by atoms with Crippen LogP contribution < -0.4 is 5.32 Å². The van der Waals surface area contributed by atoms with E-state index in [0.29, 0.717) is 6.04 Å². The molecule has 108 valence electrons. The second-order valence-corrected chi connectivity index (χ2v) is 8.58. The van der Waals surface area contributed by atoms with E-state index < -0.39 is 0 Å². The predicted octanol–water partition coefficient (Wildman–Crippen LogP) is 4.24. The molecular formula is C17H22INO. The molecule has 0 heterocycles. The Morgan fingerprint density at radius 3 is 2.70 bits per heavy atom. The molecule has 2 fully saturated rings. The molecule has 3 unspecified atom stereocenters. The van der Waals surface area contributed by atoms with Crippen molar-refractivity contribution >= 4 is 28.5 Å². The molecule has 0 saturated heterocycles. The first-order valence-electron chi connectivity index (χ1n) is 7.39. The Labute approximate surface area is 134 Å². The van der Waals surface area contributed by atoms with Gasteiger partial charge in [0.05, 0.1) is 0 Å². The Balaban J connectivity index is 1.82. The minimum atomic E-state index is 0.0790. The van der Waals surface area contributed by atoms with Crippen molar-refractivity contribution in [1.29, 1.82) is 0 Å². The van der Waals surface area contributed by atoms with Crippen LogP contribution in [0.15, 0.2) is 24.3 Å². The van der Waals surface area contributed by atoms with Gasteiger partial charge in [-0.1, -0.05) is 26.8 Å². The molecule has 1 aromatic rings. The lowest BCUT2D eigenvalue weighted by Crippen LogP contribution is -2.52. The number of amides is 1. The summed E-state index contributed by atoms with van der Waals surface area (Å²) in [5, 5.41) is 3.34. The zero-order chi connectivity index (χ0) is 14.5. The van der Waals surface area contributed by atoms with Crippen molar-refractivity contribution in [3.05, 3.63) is 33.4 Å². The Morgan fingerprint density at radius 2 is 2.10 bits per heavy atom. The molecule has 0 aromatic heterocycles. The van der Waals surface area contributed by atoms with Gasteiger partial charge >= 0.3 is 0 Å². The average Bonchev–Trinajstić information content (AvgIpc) is 2.85. The van der Waals surface area contributed by atoms with E-state index in [-0.39, 0.29) is 16.7 Å². The average molecular weight is 383 g/mol. The highest BCUT2D eigenvalue weighted by Crippen LogP contribution is 2.62. The highest BCUT2D eigenvalue weighted by molar-refractivity contribution is 14.1. The highest BCUT2D eigenvalue weighted by atomic mass is 127. The van der Waals surface area contributed by atoms with E-state index in [1.54, 1.807) is 0 Å². The molecule has 3 heteroatoms. The number of carbonyl (C=O) groups excluding carboxylic acids is 1. The minimum absolute atomic E-state index is 0.0790. The third-order valence-corrected chi connectivity index (χ3v) is 6.30. The molecule has 1 amide bonds. The third-order valence-electron chi connectivity index (χ3n) is 5.63. The van der Waals surface area contributed by atoms with Gasteiger partial charge in [-0.15, -0.1) is 0 Å². The van der Waals surface area contributed by atoms with Crippen molar-refractivity contribution in [3.8, 4) is 0 Å². The number of carbonyl (C=O) groups is 1. The molecule has 2 aliphatic rings. The van der Waals surface area contributed by atoms with E-state index in [1.165, 1.54) is 19.3 Å². The highest BCUT2D eigenvalue weighted by Gasteiger charge is 2.59. The minimum Gasteiger partial charge on any atom is -0.348 e. The Hall–Kier alpha value is -0.580. The summed E-state index contributed by atoms with van der Waals surface area (Å²) in [5.74, 6) is 0.837. The van der Waals surface area contributed by atoms with Crippen molar-refractivity contribution in [2.24, 2.45) is 16.7 Å². The molecule has 0 radical (unpaired) electrons. The lowest BCUT2D eigenvalue weighted by atomic mass is 9.68. The predicted molar refractivity (Wildman–Crippen MR) is 89.6 cm³/mol. The number of hydrogen-bond donors (Lipinski definition) is 1. The van der Waals surface area contributed by atoms with Gasteiger partial charge in [0.25, 0.3) is 5.91 Å². The maximum Gasteiger partial charge on any atom is 0.251 e. The molecule has 1 N–H and O–H groups in total. The van der Waals surface area contributed by atoms with E-state index >= 15 is 0 Å². The number of hydrogen-bond acceptors (Lipinski definition) is 1. The molecule has 2 bridgehead atoms. The van der Waals surface area contributed by atoms with Crippen LogP contribution in [0.25, 0.3) is 0 Å². The second-order valence-electron chi connectivity index (χ2n) is 7.33. The maximum absolute atomic E-state index is 12.5. The molecule has 2 aliphatic carbocycles. The largest absolute Gasteiger partial charge is 0.348 e. The number of halogens is 1. The van der Waals surface area contributed by atoms with Crippen molar-refractivity contribution < 1.29 is 4.79 Å². The molecule has 0 aliphatic heterocycles. The van der Waals surface area contributed by atoms with Gasteiger partial charge in [-0.25, -0.2) is 0 Å². The van der Waals surface area contributed by atoms with E-state index in [9.17, 15) is 4.79 Å². The van der Waals surface area contributed by atoms with Crippen molar-refractivity contribution in [2.75, 3.05) is 0 Å². The van der Waals surface area contributed by atoms with Crippen molar-refractivity contribution in [1.82, 2.24) is 5.32 Å². The van der Waals surface area contributed by atoms with Gasteiger partial charge < -0.3 is 5.32 Å². The molecular weight excluding hydrogens is 361 g/mol. The Morgan fingerprint density at radius 1 is 1.35 bits per heavy atom. The van der Waals surface area contributed by atoms with Crippen LogP contribution >= 0.6 is 22.6 Å². The molecule has 0 spiro atoms. The van der Waals surface area contributed by atoms with Gasteiger partial charge in [-0.3, -0.25) is 4.79 Å². The summed E-state index contributed by atoms with van der Waals surface area (Å²) in [5.41, 5.74) is 1.27. The van der Waals surface area contributed by atoms with Crippen LogP contribution in [-0.2, 0) is 0 Å². The van der Waals surface area contributed by atoms with E-state index in [4.69, 9.17) is 0 Å². The molecule has 3 rings (SSSR count). The van der Waals surface area contributed by atoms with E-state index in [2.05, 4.69) is 48.7 Å². The zero-order valence-electron chi connectivity index (χ0n) is 12.4. The van der Waals surface area contributed by atoms with Gasteiger partial charge in [0.1, 0.15) is 0 Å². The fourth-order valence-electron chi connectivity index (χ4n) is 4.51. The summed E-state index contributed by atoms with van der Waals surface area (Å²) in [6.07, 6.45) is 3.83. The summed E-state index contributed by atoms with van der Waals surface area (Å²) >= 11 is 2.25. The Kier molecular flexibility index (Phi) is 3.39. The van der Waals surface area contributed by atoms with Crippen LogP contribution in [0.1, 0.15) is 50.4 Å². The SMILES string of the molecule is CC12CCC(C1)C(C)(C)C2NC(=O)c1cccc(I)c1. The molecule has 20 heavy (non-hydrogen) atoms. The van der Waals surface area contributed by atoms with Gasteiger partial charge in [-0.2, -0.15) is 0 Å². The number of nitrogens with one attached hydrogen (secondary N) is 1. The van der Waals surface area contributed by atoms with Crippen LogP contribution in [-0.4, -0.2) is 11.9 Å². The summed E-state index contributed by atoms with van der Waals surface area (Å²) in [4.78, 5) is 12.5. The first-order chi connectivity index (χ1) is 9.33. The summed E-state index contributed by atoms with van der Waals surface area (Å²) in [7, 11) is 0. The lowest BCUT2D eigenvalue weighted by molar-refractivity contribution is 0.0737. The first-order valence-corrected chi connectivity index (χ1v) is 8.47. The quantitative estimate of drug-likeness (QED) is 0.761. The maximum atomic E-state index is 12.5. The topological polar surface area (TPSA) is 29.1 Å². The van der Waals surface area contributed by atoms with Crippen LogP contribution in [0, 0.1) is 20.3 Å². The molecule has 2 saturated carbocycles. The fraction of sp³-hybridized carbons (Fsp3) is 0.588. The van der Waals surface area contributed by atoms with Crippen molar-refractivity contribution in [2.45, 2.75) is 46.1 Å². The first kappa shape index (κ1) is 14.4. The van der Waals surface area contributed by atoms with Gasteiger partial charge in [0, 0.05) is 15.2 Å². The summed E-state index contributed by atoms with van der Waals surface area (Å²) in [6, 6.07) is 8.11. The van der Waals surface area contributed by atoms with Gasteiger partial charge in [0.2, 0.25) is 0 Å². The molecule has 1 aromatic carbocycles. The fourth-order valence-corrected chi connectivity index (χ4v) is 5.05. The zero-order valence-corrected chi connectivity index (χ0v) is 14.5. The van der Waals surface area contributed by atoms with Crippen LogP contribution in [0.4, 0.5) is 0 Å².